The van der Waals surface area contributed by atoms with Crippen molar-refractivity contribution in [1.29, 1.82) is 0 Å². The summed E-state index contributed by atoms with van der Waals surface area (Å²) >= 11 is 0. The van der Waals surface area contributed by atoms with Crippen LogP contribution in [0.2, 0.25) is 0 Å². The van der Waals surface area contributed by atoms with Crippen molar-refractivity contribution in [3.05, 3.63) is 0 Å². The fraction of sp³-hybridized carbons (Fsp3) is 0.714. The van der Waals surface area contributed by atoms with E-state index >= 15 is 0 Å². The molecule has 1 aliphatic rings. The van der Waals surface area contributed by atoms with Crippen molar-refractivity contribution in [3.8, 4) is 0 Å². The molecule has 10 heavy (non-hydrogen) atoms. The first-order chi connectivity index (χ1) is 4.46. The summed E-state index contributed by atoms with van der Waals surface area (Å²) in [7, 11) is 0. The normalized spacial score (nSPS) is 30.5. The lowest BCUT2D eigenvalue weighted by Crippen LogP contribution is -2.24. The maximum atomic E-state index is 10.9. The van der Waals surface area contributed by atoms with E-state index in [1.807, 2.05) is 0 Å². The van der Waals surface area contributed by atoms with Crippen LogP contribution >= 0.6 is 0 Å². The van der Waals surface area contributed by atoms with Gasteiger partial charge >= 0.3 is 11.9 Å². The highest BCUT2D eigenvalue weighted by Gasteiger charge is 2.48. The van der Waals surface area contributed by atoms with E-state index in [9.17, 15) is 9.59 Å². The number of cyclic esters (lactones) is 2. The van der Waals surface area contributed by atoms with E-state index in [1.54, 1.807) is 20.8 Å². The molecule has 0 bridgehead atoms. The van der Waals surface area contributed by atoms with Crippen LogP contribution in [0.4, 0.5) is 0 Å². The van der Waals surface area contributed by atoms with Crippen molar-refractivity contribution in [2.45, 2.75) is 20.8 Å². The summed E-state index contributed by atoms with van der Waals surface area (Å²) in [6, 6.07) is 0. The summed E-state index contributed by atoms with van der Waals surface area (Å²) in [4.78, 5) is 21.6. The Morgan fingerprint density at radius 3 is 2.00 bits per heavy atom. The van der Waals surface area contributed by atoms with Gasteiger partial charge in [-0.25, -0.2) is 0 Å². The summed E-state index contributed by atoms with van der Waals surface area (Å²) in [5.74, 6) is -1.13. The monoisotopic (exact) mass is 142 g/mol. The molecule has 0 saturated carbocycles. The molecule has 0 aromatic heterocycles. The van der Waals surface area contributed by atoms with Crippen molar-refractivity contribution in [3.63, 3.8) is 0 Å². The summed E-state index contributed by atoms with van der Waals surface area (Å²) < 4.78 is 4.41. The van der Waals surface area contributed by atoms with Crippen LogP contribution in [-0.2, 0) is 14.3 Å². The van der Waals surface area contributed by atoms with Crippen LogP contribution in [0.3, 0.4) is 0 Å². The Labute approximate surface area is 59.4 Å². The maximum absolute atomic E-state index is 10.9. The van der Waals surface area contributed by atoms with Crippen LogP contribution in [0.25, 0.3) is 0 Å². The van der Waals surface area contributed by atoms with E-state index < -0.39 is 17.4 Å². The van der Waals surface area contributed by atoms with Crippen LogP contribution in [0.1, 0.15) is 20.8 Å². The molecular weight excluding hydrogens is 132 g/mol. The fourth-order valence-electron chi connectivity index (χ4n) is 0.783. The minimum atomic E-state index is -0.628. The zero-order valence-electron chi connectivity index (χ0n) is 6.30. The standard InChI is InChI=1S/C7H10O3/c1-4-5(8)10-6(9)7(4,2)3/h4H,1-3H3. The SMILES string of the molecule is CC1C(=O)OC(=O)C1(C)C. The van der Waals surface area contributed by atoms with Crippen LogP contribution in [0.15, 0.2) is 0 Å². The second kappa shape index (κ2) is 1.81. The van der Waals surface area contributed by atoms with Crippen LogP contribution in [0, 0.1) is 11.3 Å². The average Bonchev–Trinajstić information content (AvgIpc) is 1.97. The predicted molar refractivity (Wildman–Crippen MR) is 34.0 cm³/mol. The Morgan fingerprint density at radius 2 is 1.90 bits per heavy atom. The highest BCUT2D eigenvalue weighted by atomic mass is 16.6. The highest BCUT2D eigenvalue weighted by Crippen LogP contribution is 2.34. The molecule has 1 unspecified atom stereocenters. The predicted octanol–water partition coefficient (Wildman–Crippen LogP) is 0.732. The second-order valence-corrected chi connectivity index (χ2v) is 3.15. The largest absolute Gasteiger partial charge is 0.392 e. The summed E-state index contributed by atoms with van der Waals surface area (Å²) in [5, 5.41) is 0. The van der Waals surface area contributed by atoms with Gasteiger partial charge in [-0.15, -0.1) is 0 Å². The van der Waals surface area contributed by atoms with Gasteiger partial charge in [-0.05, 0) is 13.8 Å². The molecule has 1 saturated heterocycles. The first-order valence-electron chi connectivity index (χ1n) is 3.22. The van der Waals surface area contributed by atoms with Gasteiger partial charge in [0.2, 0.25) is 0 Å². The Kier molecular flexibility index (Phi) is 1.31. The van der Waals surface area contributed by atoms with Crippen molar-refractivity contribution >= 4 is 11.9 Å². The molecule has 1 heterocycles. The van der Waals surface area contributed by atoms with Gasteiger partial charge in [0.15, 0.2) is 0 Å². The van der Waals surface area contributed by atoms with Gasteiger partial charge in [-0.2, -0.15) is 0 Å². The fourth-order valence-corrected chi connectivity index (χ4v) is 0.783. The van der Waals surface area contributed by atoms with Crippen molar-refractivity contribution < 1.29 is 14.3 Å². The Balaban J connectivity index is 2.96. The molecule has 3 nitrogen and oxygen atoms in total. The average molecular weight is 142 g/mol. The third kappa shape index (κ3) is 0.735. The number of rotatable bonds is 0. The number of esters is 2. The van der Waals surface area contributed by atoms with E-state index in [4.69, 9.17) is 0 Å². The topological polar surface area (TPSA) is 43.4 Å². The smallest absolute Gasteiger partial charge is 0.320 e. The van der Waals surface area contributed by atoms with Gasteiger partial charge in [0.1, 0.15) is 0 Å². The molecule has 3 heteroatoms. The van der Waals surface area contributed by atoms with Crippen molar-refractivity contribution in [1.82, 2.24) is 0 Å². The number of carbonyl (C=O) groups excluding carboxylic acids is 2. The van der Waals surface area contributed by atoms with Crippen LogP contribution in [-0.4, -0.2) is 11.9 Å². The zero-order chi connectivity index (χ0) is 7.94. The zero-order valence-corrected chi connectivity index (χ0v) is 6.30. The number of carbonyl (C=O) groups is 2. The molecule has 1 fully saturated rings. The Morgan fingerprint density at radius 1 is 1.40 bits per heavy atom. The van der Waals surface area contributed by atoms with Gasteiger partial charge < -0.3 is 4.74 Å². The molecule has 0 aliphatic carbocycles. The lowest BCUT2D eigenvalue weighted by Gasteiger charge is -2.14. The molecular formula is C7H10O3. The second-order valence-electron chi connectivity index (χ2n) is 3.15. The van der Waals surface area contributed by atoms with Gasteiger partial charge in [0.25, 0.3) is 0 Å². The summed E-state index contributed by atoms with van der Waals surface area (Å²) in [6.45, 7) is 5.13. The number of hydrogen-bond acceptors (Lipinski definition) is 3. The molecule has 0 aromatic rings. The number of hydrogen-bond donors (Lipinski definition) is 0. The number of ether oxygens (including phenoxy) is 1. The van der Waals surface area contributed by atoms with Crippen LogP contribution in [0.5, 0.6) is 0 Å². The van der Waals surface area contributed by atoms with E-state index in [-0.39, 0.29) is 5.92 Å². The molecule has 0 aromatic carbocycles. The minimum absolute atomic E-state index is 0.306. The Hall–Kier alpha value is -0.860. The lowest BCUT2D eigenvalue weighted by molar-refractivity contribution is -0.154. The van der Waals surface area contributed by atoms with Gasteiger partial charge in [0.05, 0.1) is 11.3 Å². The van der Waals surface area contributed by atoms with Gasteiger partial charge in [-0.1, -0.05) is 6.92 Å². The summed E-state index contributed by atoms with van der Waals surface area (Å²) in [6.07, 6.45) is 0. The third-order valence-electron chi connectivity index (χ3n) is 2.16. The molecule has 1 aliphatic heterocycles. The maximum Gasteiger partial charge on any atom is 0.320 e. The molecule has 0 amide bonds. The van der Waals surface area contributed by atoms with E-state index in [0.717, 1.165) is 0 Å². The van der Waals surface area contributed by atoms with E-state index in [1.165, 1.54) is 0 Å². The van der Waals surface area contributed by atoms with Gasteiger partial charge in [0, 0.05) is 0 Å². The van der Waals surface area contributed by atoms with Gasteiger partial charge in [-0.3, -0.25) is 9.59 Å². The molecule has 56 valence electrons. The summed E-state index contributed by atoms with van der Waals surface area (Å²) in [5.41, 5.74) is -0.628. The molecule has 1 atom stereocenters. The molecule has 1 rings (SSSR count). The van der Waals surface area contributed by atoms with Crippen molar-refractivity contribution in [2.75, 3.05) is 0 Å². The van der Waals surface area contributed by atoms with Crippen molar-refractivity contribution in [2.24, 2.45) is 11.3 Å². The Bertz CT molecular complexity index is 193. The first-order valence-corrected chi connectivity index (χ1v) is 3.22. The molecule has 0 spiro atoms. The third-order valence-corrected chi connectivity index (χ3v) is 2.16. The van der Waals surface area contributed by atoms with E-state index in [0.29, 0.717) is 0 Å². The van der Waals surface area contributed by atoms with E-state index in [2.05, 4.69) is 4.74 Å². The molecule has 0 N–H and O–H groups in total. The molecule has 0 radical (unpaired) electrons. The quantitative estimate of drug-likeness (QED) is 0.370. The minimum Gasteiger partial charge on any atom is -0.392 e. The highest BCUT2D eigenvalue weighted by molar-refractivity contribution is 5.98. The van der Waals surface area contributed by atoms with Crippen LogP contribution < -0.4 is 0 Å². The first kappa shape index (κ1) is 7.25. The lowest BCUT2D eigenvalue weighted by atomic mass is 9.82.